The first-order valence-electron chi connectivity index (χ1n) is 7.66. The highest BCUT2D eigenvalue weighted by atomic mass is 32.2. The van der Waals surface area contributed by atoms with Crippen LogP contribution in [0.5, 0.6) is 0 Å². The molecule has 1 aromatic rings. The van der Waals surface area contributed by atoms with Crippen molar-refractivity contribution >= 4 is 21.6 Å². The molecule has 0 radical (unpaired) electrons. The Morgan fingerprint density at radius 1 is 1.12 bits per heavy atom. The van der Waals surface area contributed by atoms with E-state index in [-0.39, 0.29) is 16.5 Å². The maximum Gasteiger partial charge on any atom is 0.264 e. The number of Topliss-reactive ketones (excluding diaryl/α,β-unsaturated/α-hetero) is 2. The summed E-state index contributed by atoms with van der Waals surface area (Å²) in [5, 5.41) is 0. The molecule has 0 N–H and O–H groups in total. The molecule has 0 aromatic heterocycles. The molecule has 0 fully saturated rings. The van der Waals surface area contributed by atoms with E-state index in [9.17, 15) is 18.0 Å². The number of sulfonamides is 1. The first kappa shape index (κ1) is 18.1. The predicted octanol–water partition coefficient (Wildman–Crippen LogP) is 2.62. The SMILES string of the molecule is CC(=O)C1=CC(C(C)C(C)=O)N(S(=O)(=O)c2ccc(C)cc2)C=C1. The van der Waals surface area contributed by atoms with E-state index in [0.29, 0.717) is 5.57 Å². The fraction of sp³-hybridized carbons (Fsp3) is 0.333. The standard InChI is InChI=1S/C18H21NO4S/c1-12-5-7-17(8-6-12)24(22,23)19-10-9-16(15(4)21)11-18(19)13(2)14(3)20/h5-11,13,18H,1-4H3. The average molecular weight is 347 g/mol. The van der Waals surface area contributed by atoms with E-state index >= 15 is 0 Å². The van der Waals surface area contributed by atoms with Gasteiger partial charge in [-0.05, 0) is 45.1 Å². The third kappa shape index (κ3) is 3.48. The fourth-order valence-corrected chi connectivity index (χ4v) is 3.99. The lowest BCUT2D eigenvalue weighted by molar-refractivity contribution is -0.121. The summed E-state index contributed by atoms with van der Waals surface area (Å²) in [6, 6.07) is 5.80. The Kier molecular flexibility index (Phi) is 5.08. The van der Waals surface area contributed by atoms with Gasteiger partial charge in [0.2, 0.25) is 0 Å². The van der Waals surface area contributed by atoms with E-state index in [2.05, 4.69) is 0 Å². The molecule has 0 saturated heterocycles. The second kappa shape index (κ2) is 6.73. The van der Waals surface area contributed by atoms with Gasteiger partial charge in [0.15, 0.2) is 5.78 Å². The van der Waals surface area contributed by atoms with E-state index in [1.807, 2.05) is 6.92 Å². The Balaban J connectivity index is 2.50. The average Bonchev–Trinajstić information content (AvgIpc) is 2.53. The molecule has 5 nitrogen and oxygen atoms in total. The molecule has 128 valence electrons. The topological polar surface area (TPSA) is 71.5 Å². The number of benzene rings is 1. The van der Waals surface area contributed by atoms with Gasteiger partial charge in [-0.25, -0.2) is 8.42 Å². The van der Waals surface area contributed by atoms with Crippen LogP contribution in [0.1, 0.15) is 26.3 Å². The summed E-state index contributed by atoms with van der Waals surface area (Å²) in [6.45, 7) is 6.37. The second-order valence-electron chi connectivity index (χ2n) is 6.03. The number of carbonyl (C=O) groups is 2. The Morgan fingerprint density at radius 3 is 2.21 bits per heavy atom. The van der Waals surface area contributed by atoms with Gasteiger partial charge in [-0.3, -0.25) is 13.9 Å². The van der Waals surface area contributed by atoms with E-state index in [1.165, 1.54) is 38.3 Å². The number of carbonyl (C=O) groups excluding carboxylic acids is 2. The minimum Gasteiger partial charge on any atom is -0.300 e. The van der Waals surface area contributed by atoms with E-state index in [4.69, 9.17) is 0 Å². The molecule has 1 aromatic carbocycles. The number of hydrogen-bond donors (Lipinski definition) is 0. The van der Waals surface area contributed by atoms with E-state index < -0.39 is 22.0 Å². The highest BCUT2D eigenvalue weighted by molar-refractivity contribution is 7.89. The molecule has 6 heteroatoms. The normalized spacial score (nSPS) is 18.9. The highest BCUT2D eigenvalue weighted by Crippen LogP contribution is 2.28. The van der Waals surface area contributed by atoms with Crippen LogP contribution in [-0.4, -0.2) is 30.3 Å². The predicted molar refractivity (Wildman–Crippen MR) is 91.7 cm³/mol. The molecule has 2 unspecified atom stereocenters. The van der Waals surface area contributed by atoms with Gasteiger partial charge in [-0.1, -0.05) is 24.6 Å². The van der Waals surface area contributed by atoms with Crippen molar-refractivity contribution in [1.82, 2.24) is 4.31 Å². The number of aryl methyl sites for hydroxylation is 1. The van der Waals surface area contributed by atoms with Gasteiger partial charge in [-0.2, -0.15) is 0 Å². The van der Waals surface area contributed by atoms with Crippen molar-refractivity contribution in [2.45, 2.75) is 38.6 Å². The van der Waals surface area contributed by atoms with Crippen LogP contribution in [0.3, 0.4) is 0 Å². The first-order valence-corrected chi connectivity index (χ1v) is 9.10. The van der Waals surface area contributed by atoms with Crippen molar-refractivity contribution in [3.05, 3.63) is 53.8 Å². The van der Waals surface area contributed by atoms with Crippen molar-refractivity contribution in [1.29, 1.82) is 0 Å². The van der Waals surface area contributed by atoms with Crippen LogP contribution in [0.15, 0.2) is 53.1 Å². The van der Waals surface area contributed by atoms with Crippen molar-refractivity contribution < 1.29 is 18.0 Å². The third-order valence-corrected chi connectivity index (χ3v) is 5.99. The number of hydrogen-bond acceptors (Lipinski definition) is 4. The van der Waals surface area contributed by atoms with Crippen LogP contribution in [0.25, 0.3) is 0 Å². The highest BCUT2D eigenvalue weighted by Gasteiger charge is 2.35. The maximum absolute atomic E-state index is 13.0. The first-order chi connectivity index (χ1) is 11.1. The summed E-state index contributed by atoms with van der Waals surface area (Å²) in [4.78, 5) is 23.6. The largest absolute Gasteiger partial charge is 0.300 e. The summed E-state index contributed by atoms with van der Waals surface area (Å²) in [7, 11) is -3.82. The smallest absolute Gasteiger partial charge is 0.264 e. The minimum atomic E-state index is -3.82. The van der Waals surface area contributed by atoms with Crippen LogP contribution < -0.4 is 0 Å². The molecule has 0 bridgehead atoms. The van der Waals surface area contributed by atoms with Gasteiger partial charge in [0.25, 0.3) is 10.0 Å². The molecule has 24 heavy (non-hydrogen) atoms. The van der Waals surface area contributed by atoms with Crippen LogP contribution >= 0.6 is 0 Å². The van der Waals surface area contributed by atoms with Crippen LogP contribution in [0.2, 0.25) is 0 Å². The zero-order chi connectivity index (χ0) is 18.1. The van der Waals surface area contributed by atoms with E-state index in [0.717, 1.165) is 9.87 Å². The van der Waals surface area contributed by atoms with Crippen molar-refractivity contribution in [3.8, 4) is 0 Å². The quantitative estimate of drug-likeness (QED) is 0.821. The summed E-state index contributed by atoms with van der Waals surface area (Å²) in [5.74, 6) is -0.873. The monoisotopic (exact) mass is 347 g/mol. The second-order valence-corrected chi connectivity index (χ2v) is 7.88. The molecule has 0 amide bonds. The summed E-state index contributed by atoms with van der Waals surface area (Å²) in [6.07, 6.45) is 4.40. The summed E-state index contributed by atoms with van der Waals surface area (Å²) < 4.78 is 27.1. The van der Waals surface area contributed by atoms with Crippen LogP contribution in [0, 0.1) is 12.8 Å². The number of rotatable bonds is 5. The molecule has 2 rings (SSSR count). The lowest BCUT2D eigenvalue weighted by atomic mass is 9.93. The third-order valence-electron chi connectivity index (χ3n) is 4.20. The molecule has 0 saturated carbocycles. The number of allylic oxidation sites excluding steroid dienone is 2. The Bertz CT molecular complexity index is 819. The van der Waals surface area contributed by atoms with Crippen molar-refractivity contribution in [2.75, 3.05) is 0 Å². The Hall–Kier alpha value is -2.21. The number of ketones is 2. The number of nitrogens with zero attached hydrogens (tertiary/aromatic N) is 1. The Morgan fingerprint density at radius 2 is 1.71 bits per heavy atom. The molecule has 0 spiro atoms. The molecule has 1 heterocycles. The fourth-order valence-electron chi connectivity index (χ4n) is 2.48. The molecule has 1 aliphatic heterocycles. The molecule has 0 aliphatic carbocycles. The summed E-state index contributed by atoms with van der Waals surface area (Å²) in [5.41, 5.74) is 1.36. The minimum absolute atomic E-state index is 0.140. The zero-order valence-corrected chi connectivity index (χ0v) is 15.0. The van der Waals surface area contributed by atoms with Crippen LogP contribution in [0.4, 0.5) is 0 Å². The molecule has 2 atom stereocenters. The van der Waals surface area contributed by atoms with Crippen molar-refractivity contribution in [3.63, 3.8) is 0 Å². The van der Waals surface area contributed by atoms with Gasteiger partial charge < -0.3 is 0 Å². The van der Waals surface area contributed by atoms with Crippen molar-refractivity contribution in [2.24, 2.45) is 5.92 Å². The van der Waals surface area contributed by atoms with Gasteiger partial charge in [0.05, 0.1) is 10.9 Å². The Labute approximate surface area is 142 Å². The van der Waals surface area contributed by atoms with Crippen LogP contribution in [-0.2, 0) is 19.6 Å². The molecular formula is C18H21NO4S. The van der Waals surface area contributed by atoms with Gasteiger partial charge in [0, 0.05) is 17.7 Å². The van der Waals surface area contributed by atoms with Gasteiger partial charge >= 0.3 is 0 Å². The lowest BCUT2D eigenvalue weighted by Crippen LogP contribution is -2.43. The molecule has 1 aliphatic rings. The van der Waals surface area contributed by atoms with Gasteiger partial charge in [-0.15, -0.1) is 0 Å². The van der Waals surface area contributed by atoms with E-state index in [1.54, 1.807) is 25.1 Å². The maximum atomic E-state index is 13.0. The lowest BCUT2D eigenvalue weighted by Gasteiger charge is -2.33. The zero-order valence-electron chi connectivity index (χ0n) is 14.2. The molecular weight excluding hydrogens is 326 g/mol. The van der Waals surface area contributed by atoms with Gasteiger partial charge in [0.1, 0.15) is 5.78 Å². The summed E-state index contributed by atoms with van der Waals surface area (Å²) >= 11 is 0.